The molecule has 19 heavy (non-hydrogen) atoms. The average Bonchev–Trinajstić information content (AvgIpc) is 2.37. The van der Waals surface area contributed by atoms with Gasteiger partial charge in [0.15, 0.2) is 0 Å². The van der Waals surface area contributed by atoms with E-state index in [0.717, 1.165) is 18.8 Å². The average molecular weight is 262 g/mol. The number of benzene rings is 1. The van der Waals surface area contributed by atoms with Crippen molar-refractivity contribution in [3.8, 4) is 6.07 Å². The lowest BCUT2D eigenvalue weighted by atomic mass is 10.2. The van der Waals surface area contributed by atoms with Gasteiger partial charge in [-0.05, 0) is 33.0 Å². The van der Waals surface area contributed by atoms with E-state index in [4.69, 9.17) is 5.26 Å². The van der Waals surface area contributed by atoms with Crippen molar-refractivity contribution >= 4 is 11.4 Å². The Morgan fingerprint density at radius 2 is 2.21 bits per heavy atom. The van der Waals surface area contributed by atoms with Gasteiger partial charge in [-0.1, -0.05) is 0 Å². The lowest BCUT2D eigenvalue weighted by Crippen LogP contribution is -2.31. The summed E-state index contributed by atoms with van der Waals surface area (Å²) >= 11 is 0. The molecule has 102 valence electrons. The molecule has 0 saturated carbocycles. The van der Waals surface area contributed by atoms with Crippen molar-refractivity contribution in [3.63, 3.8) is 0 Å². The fraction of sp³-hybridized carbons (Fsp3) is 0.462. The van der Waals surface area contributed by atoms with Gasteiger partial charge in [0.05, 0.1) is 4.92 Å². The molecular weight excluding hydrogens is 244 g/mol. The van der Waals surface area contributed by atoms with Crippen LogP contribution in [0.1, 0.15) is 19.4 Å². The van der Waals surface area contributed by atoms with E-state index in [-0.39, 0.29) is 11.3 Å². The zero-order valence-electron chi connectivity index (χ0n) is 11.4. The molecule has 1 aromatic rings. The first-order valence-electron chi connectivity index (χ1n) is 6.08. The minimum atomic E-state index is -0.547. The zero-order chi connectivity index (χ0) is 14.4. The third-order valence-electron chi connectivity index (χ3n) is 2.99. The summed E-state index contributed by atoms with van der Waals surface area (Å²) in [6.07, 6.45) is 0. The molecule has 0 atom stereocenters. The Hall–Kier alpha value is -2.13. The van der Waals surface area contributed by atoms with Crippen LogP contribution in [-0.2, 0) is 0 Å². The highest BCUT2D eigenvalue weighted by Gasteiger charge is 2.13. The summed E-state index contributed by atoms with van der Waals surface area (Å²) in [4.78, 5) is 12.3. The van der Waals surface area contributed by atoms with Crippen molar-refractivity contribution in [3.05, 3.63) is 33.9 Å². The van der Waals surface area contributed by atoms with Crippen LogP contribution >= 0.6 is 0 Å². The number of nitrogens with one attached hydrogen (secondary N) is 1. The maximum absolute atomic E-state index is 10.7. The smallest absolute Gasteiger partial charge is 0.287 e. The van der Waals surface area contributed by atoms with Crippen LogP contribution in [0.2, 0.25) is 0 Å². The molecule has 0 fully saturated rings. The maximum Gasteiger partial charge on any atom is 0.287 e. The van der Waals surface area contributed by atoms with Crippen LogP contribution in [0.4, 0.5) is 11.4 Å². The van der Waals surface area contributed by atoms with Gasteiger partial charge in [0.25, 0.3) is 5.69 Å². The lowest BCUT2D eigenvalue weighted by Gasteiger charge is -2.21. The second-order valence-electron chi connectivity index (χ2n) is 4.60. The summed E-state index contributed by atoms with van der Waals surface area (Å²) in [7, 11) is 2.03. The third kappa shape index (κ3) is 4.23. The predicted octanol–water partition coefficient (Wildman–Crippen LogP) is 2.22. The normalized spacial score (nSPS) is 10.5. The lowest BCUT2D eigenvalue weighted by molar-refractivity contribution is -0.385. The largest absolute Gasteiger partial charge is 0.384 e. The van der Waals surface area contributed by atoms with Crippen LogP contribution in [-0.4, -0.2) is 36.0 Å². The molecule has 0 spiro atoms. The van der Waals surface area contributed by atoms with E-state index in [1.807, 2.05) is 13.1 Å². The van der Waals surface area contributed by atoms with E-state index in [1.54, 1.807) is 6.07 Å². The highest BCUT2D eigenvalue weighted by molar-refractivity contribution is 5.58. The second-order valence-corrected chi connectivity index (χ2v) is 4.60. The highest BCUT2D eigenvalue weighted by Crippen LogP contribution is 2.21. The first-order chi connectivity index (χ1) is 8.95. The van der Waals surface area contributed by atoms with E-state index in [9.17, 15) is 10.1 Å². The molecule has 0 aliphatic rings. The van der Waals surface area contributed by atoms with E-state index in [0.29, 0.717) is 6.04 Å². The molecule has 1 N–H and O–H groups in total. The van der Waals surface area contributed by atoms with Crippen molar-refractivity contribution in [1.29, 1.82) is 5.26 Å². The molecule has 0 saturated heterocycles. The molecule has 0 unspecified atom stereocenters. The van der Waals surface area contributed by atoms with Crippen LogP contribution in [0.25, 0.3) is 0 Å². The zero-order valence-corrected chi connectivity index (χ0v) is 11.4. The quantitative estimate of drug-likeness (QED) is 0.628. The number of rotatable bonds is 6. The van der Waals surface area contributed by atoms with E-state index in [2.05, 4.69) is 24.1 Å². The molecule has 0 amide bonds. The minimum absolute atomic E-state index is 0.0761. The first-order valence-corrected chi connectivity index (χ1v) is 6.08. The van der Waals surface area contributed by atoms with Crippen LogP contribution in [0.3, 0.4) is 0 Å². The Kier molecular flexibility index (Phi) is 5.27. The number of likely N-dealkylation sites (N-methyl/N-ethyl adjacent to an activating group) is 1. The molecule has 1 rings (SSSR count). The van der Waals surface area contributed by atoms with E-state index < -0.39 is 4.92 Å². The molecule has 0 heterocycles. The van der Waals surface area contributed by atoms with Gasteiger partial charge in [0, 0.05) is 30.9 Å². The fourth-order valence-corrected chi connectivity index (χ4v) is 1.53. The molecule has 0 aromatic heterocycles. The summed E-state index contributed by atoms with van der Waals surface area (Å²) in [6.45, 7) is 5.80. The number of nitro benzene ring substituents is 1. The van der Waals surface area contributed by atoms with Gasteiger partial charge in [0.1, 0.15) is 11.6 Å². The number of hydrogen-bond donors (Lipinski definition) is 1. The molecule has 0 bridgehead atoms. The van der Waals surface area contributed by atoms with Crippen molar-refractivity contribution in [2.75, 3.05) is 25.5 Å². The minimum Gasteiger partial charge on any atom is -0.384 e. The van der Waals surface area contributed by atoms with Gasteiger partial charge in [-0.15, -0.1) is 0 Å². The number of nitro groups is 1. The Bertz CT molecular complexity index is 494. The number of nitriles is 1. The number of nitrogens with zero attached hydrogens (tertiary/aromatic N) is 3. The molecule has 0 radical (unpaired) electrons. The summed E-state index contributed by atoms with van der Waals surface area (Å²) in [5, 5.41) is 22.7. The van der Waals surface area contributed by atoms with Gasteiger partial charge < -0.3 is 10.2 Å². The van der Waals surface area contributed by atoms with Crippen molar-refractivity contribution in [2.24, 2.45) is 0 Å². The van der Waals surface area contributed by atoms with E-state index in [1.165, 1.54) is 12.1 Å². The predicted molar refractivity (Wildman–Crippen MR) is 74.1 cm³/mol. The van der Waals surface area contributed by atoms with Crippen molar-refractivity contribution in [2.45, 2.75) is 19.9 Å². The summed E-state index contributed by atoms with van der Waals surface area (Å²) in [5.74, 6) is 0. The Morgan fingerprint density at radius 3 is 2.74 bits per heavy atom. The molecular formula is C13H18N4O2. The molecule has 0 aliphatic carbocycles. The Balaban J connectivity index is 2.66. The highest BCUT2D eigenvalue weighted by atomic mass is 16.6. The Labute approximate surface area is 112 Å². The van der Waals surface area contributed by atoms with Crippen LogP contribution in [0.15, 0.2) is 18.2 Å². The van der Waals surface area contributed by atoms with Gasteiger partial charge in [-0.2, -0.15) is 5.26 Å². The Morgan fingerprint density at radius 1 is 1.53 bits per heavy atom. The third-order valence-corrected chi connectivity index (χ3v) is 2.99. The number of anilines is 1. The van der Waals surface area contributed by atoms with Gasteiger partial charge in [0.2, 0.25) is 0 Å². The second kappa shape index (κ2) is 6.71. The van der Waals surface area contributed by atoms with E-state index >= 15 is 0 Å². The molecule has 1 aromatic carbocycles. The molecule has 6 heteroatoms. The maximum atomic E-state index is 10.7. The van der Waals surface area contributed by atoms with Gasteiger partial charge in [-0.3, -0.25) is 10.1 Å². The molecule has 6 nitrogen and oxygen atoms in total. The standard InChI is InChI=1S/C13H18N4O2/c1-10(2)16(3)7-6-15-12-4-5-13(17(18)19)11(8-12)9-14/h4-5,8,10,15H,6-7H2,1-3H3. The SMILES string of the molecule is CC(C)N(C)CCNc1ccc([N+](=O)[O-])c(C#N)c1. The molecule has 0 aliphatic heterocycles. The van der Waals surface area contributed by atoms with Gasteiger partial charge in [-0.25, -0.2) is 0 Å². The summed E-state index contributed by atoms with van der Waals surface area (Å²) < 4.78 is 0. The monoisotopic (exact) mass is 262 g/mol. The fourth-order valence-electron chi connectivity index (χ4n) is 1.53. The van der Waals surface area contributed by atoms with Crippen molar-refractivity contribution in [1.82, 2.24) is 4.90 Å². The van der Waals surface area contributed by atoms with Crippen LogP contribution in [0.5, 0.6) is 0 Å². The first kappa shape index (κ1) is 14.9. The van der Waals surface area contributed by atoms with Crippen LogP contribution in [0, 0.1) is 21.4 Å². The van der Waals surface area contributed by atoms with Gasteiger partial charge >= 0.3 is 0 Å². The topological polar surface area (TPSA) is 82.2 Å². The number of hydrogen-bond acceptors (Lipinski definition) is 5. The summed E-state index contributed by atoms with van der Waals surface area (Å²) in [5.41, 5.74) is 0.638. The van der Waals surface area contributed by atoms with Crippen molar-refractivity contribution < 1.29 is 4.92 Å². The summed E-state index contributed by atoms with van der Waals surface area (Å²) in [6, 6.07) is 6.79. The van der Waals surface area contributed by atoms with Crippen LogP contribution < -0.4 is 5.32 Å².